The first-order valence-corrected chi connectivity index (χ1v) is 5.74. The maximum Gasteiger partial charge on any atom is 0.573 e. The van der Waals surface area contributed by atoms with E-state index in [-0.39, 0.29) is 16.7 Å². The van der Waals surface area contributed by atoms with E-state index in [0.29, 0.717) is 6.07 Å². The van der Waals surface area contributed by atoms with Crippen molar-refractivity contribution in [3.63, 3.8) is 0 Å². The molecule has 21 heavy (non-hydrogen) atoms. The first-order chi connectivity index (χ1) is 9.76. The van der Waals surface area contributed by atoms with Gasteiger partial charge in [-0.2, -0.15) is 0 Å². The monoisotopic (exact) mass is 304 g/mol. The standard InChI is InChI=1S/C14H9F5O2/c15-11-3-10(4-12(16)6-11)9-1-8(7-20)2-13(5-9)21-14(17,18)19/h1-6,20H,7H2. The fourth-order valence-corrected chi connectivity index (χ4v) is 1.83. The van der Waals surface area contributed by atoms with Crippen LogP contribution in [-0.2, 0) is 6.61 Å². The normalized spacial score (nSPS) is 11.5. The van der Waals surface area contributed by atoms with Crippen LogP contribution in [0.3, 0.4) is 0 Å². The smallest absolute Gasteiger partial charge is 0.406 e. The van der Waals surface area contributed by atoms with E-state index in [1.54, 1.807) is 0 Å². The summed E-state index contributed by atoms with van der Waals surface area (Å²) in [7, 11) is 0. The summed E-state index contributed by atoms with van der Waals surface area (Å²) in [6.45, 7) is -0.542. The second-order valence-electron chi connectivity index (χ2n) is 4.23. The van der Waals surface area contributed by atoms with Gasteiger partial charge in [0.25, 0.3) is 0 Å². The van der Waals surface area contributed by atoms with Crippen molar-refractivity contribution >= 4 is 0 Å². The quantitative estimate of drug-likeness (QED) is 0.868. The van der Waals surface area contributed by atoms with E-state index in [1.165, 1.54) is 6.07 Å². The molecule has 0 aliphatic carbocycles. The summed E-state index contributed by atoms with van der Waals surface area (Å²) in [5, 5.41) is 9.06. The number of aliphatic hydroxyl groups is 1. The van der Waals surface area contributed by atoms with E-state index in [1.807, 2.05) is 0 Å². The summed E-state index contributed by atoms with van der Waals surface area (Å²) in [4.78, 5) is 0. The van der Waals surface area contributed by atoms with Crippen LogP contribution in [0.5, 0.6) is 5.75 Å². The van der Waals surface area contributed by atoms with E-state index in [4.69, 9.17) is 5.11 Å². The van der Waals surface area contributed by atoms with Crippen molar-refractivity contribution in [3.05, 3.63) is 53.6 Å². The third kappa shape index (κ3) is 4.16. The van der Waals surface area contributed by atoms with Crippen molar-refractivity contribution in [2.75, 3.05) is 0 Å². The highest BCUT2D eigenvalue weighted by Gasteiger charge is 2.31. The molecule has 0 bridgehead atoms. The highest BCUT2D eigenvalue weighted by Crippen LogP contribution is 2.30. The van der Waals surface area contributed by atoms with Crippen LogP contribution in [0.1, 0.15) is 5.56 Å². The zero-order chi connectivity index (χ0) is 15.6. The molecule has 0 aromatic heterocycles. The van der Waals surface area contributed by atoms with Crippen LogP contribution in [-0.4, -0.2) is 11.5 Å². The lowest BCUT2D eigenvalue weighted by atomic mass is 10.0. The van der Waals surface area contributed by atoms with Crippen molar-refractivity contribution in [1.29, 1.82) is 0 Å². The predicted molar refractivity (Wildman–Crippen MR) is 64.4 cm³/mol. The Hall–Kier alpha value is -2.15. The van der Waals surface area contributed by atoms with Gasteiger partial charge in [0, 0.05) is 6.07 Å². The Bertz CT molecular complexity index is 632. The van der Waals surface area contributed by atoms with Crippen LogP contribution in [0.2, 0.25) is 0 Å². The van der Waals surface area contributed by atoms with Crippen LogP contribution in [0.4, 0.5) is 22.0 Å². The zero-order valence-corrected chi connectivity index (χ0v) is 10.4. The average Bonchev–Trinajstić information content (AvgIpc) is 2.35. The van der Waals surface area contributed by atoms with Gasteiger partial charge in [-0.05, 0) is 47.0 Å². The lowest BCUT2D eigenvalue weighted by Crippen LogP contribution is -2.17. The second kappa shape index (κ2) is 5.69. The molecule has 0 spiro atoms. The molecular weight excluding hydrogens is 295 g/mol. The van der Waals surface area contributed by atoms with Crippen LogP contribution in [0.15, 0.2) is 36.4 Å². The molecule has 2 nitrogen and oxygen atoms in total. The number of halogens is 5. The molecule has 0 radical (unpaired) electrons. The second-order valence-corrected chi connectivity index (χ2v) is 4.23. The Labute approximate surface area is 116 Å². The van der Waals surface area contributed by atoms with E-state index in [0.717, 1.165) is 24.3 Å². The summed E-state index contributed by atoms with van der Waals surface area (Å²) in [5.74, 6) is -2.30. The molecule has 7 heteroatoms. The summed E-state index contributed by atoms with van der Waals surface area (Å²) in [6.07, 6.45) is -4.90. The van der Waals surface area contributed by atoms with E-state index in [9.17, 15) is 22.0 Å². The molecule has 0 heterocycles. The SMILES string of the molecule is OCc1cc(OC(F)(F)F)cc(-c2cc(F)cc(F)c2)c1. The molecule has 0 saturated carbocycles. The van der Waals surface area contributed by atoms with Gasteiger partial charge in [-0.1, -0.05) is 0 Å². The summed E-state index contributed by atoms with van der Waals surface area (Å²) < 4.78 is 66.8. The Morgan fingerprint density at radius 1 is 0.857 bits per heavy atom. The topological polar surface area (TPSA) is 29.5 Å². The molecule has 0 saturated heterocycles. The first kappa shape index (κ1) is 15.2. The molecular formula is C14H9F5O2. The minimum atomic E-state index is -4.90. The molecule has 2 aromatic rings. The molecule has 0 fully saturated rings. The molecule has 0 aliphatic heterocycles. The number of hydrogen-bond donors (Lipinski definition) is 1. The zero-order valence-electron chi connectivity index (χ0n) is 10.4. The lowest BCUT2D eigenvalue weighted by Gasteiger charge is -2.12. The van der Waals surface area contributed by atoms with Crippen LogP contribution in [0.25, 0.3) is 11.1 Å². The number of hydrogen-bond acceptors (Lipinski definition) is 2. The predicted octanol–water partition coefficient (Wildman–Crippen LogP) is 4.02. The number of ether oxygens (including phenoxy) is 1. The largest absolute Gasteiger partial charge is 0.573 e. The van der Waals surface area contributed by atoms with Gasteiger partial charge in [-0.3, -0.25) is 0 Å². The number of alkyl halides is 3. The molecule has 1 N–H and O–H groups in total. The third-order valence-electron chi connectivity index (χ3n) is 2.58. The summed E-state index contributed by atoms with van der Waals surface area (Å²) in [5.41, 5.74) is 0.255. The van der Waals surface area contributed by atoms with E-state index >= 15 is 0 Å². The average molecular weight is 304 g/mol. The van der Waals surface area contributed by atoms with Crippen LogP contribution < -0.4 is 4.74 Å². The van der Waals surface area contributed by atoms with Crippen LogP contribution >= 0.6 is 0 Å². The number of rotatable bonds is 3. The van der Waals surface area contributed by atoms with Gasteiger partial charge in [0.1, 0.15) is 17.4 Å². The molecule has 2 aromatic carbocycles. The van der Waals surface area contributed by atoms with Crippen molar-refractivity contribution in [1.82, 2.24) is 0 Å². The molecule has 2 rings (SSSR count). The van der Waals surface area contributed by atoms with Gasteiger partial charge in [-0.25, -0.2) is 8.78 Å². The highest BCUT2D eigenvalue weighted by molar-refractivity contribution is 5.66. The Kier molecular flexibility index (Phi) is 4.13. The molecule has 112 valence electrons. The Morgan fingerprint density at radius 2 is 1.43 bits per heavy atom. The third-order valence-corrected chi connectivity index (χ3v) is 2.58. The minimum absolute atomic E-state index is 0.0369. The lowest BCUT2D eigenvalue weighted by molar-refractivity contribution is -0.274. The fraction of sp³-hybridized carbons (Fsp3) is 0.143. The van der Waals surface area contributed by atoms with Crippen molar-refractivity contribution in [3.8, 4) is 16.9 Å². The maximum absolute atomic E-state index is 13.2. The van der Waals surface area contributed by atoms with Gasteiger partial charge < -0.3 is 9.84 Å². The summed E-state index contributed by atoms with van der Waals surface area (Å²) in [6, 6.07) is 5.88. The first-order valence-electron chi connectivity index (χ1n) is 5.74. The fourth-order valence-electron chi connectivity index (χ4n) is 1.83. The highest BCUT2D eigenvalue weighted by atomic mass is 19.4. The van der Waals surface area contributed by atoms with Crippen molar-refractivity contribution < 1.29 is 31.8 Å². The van der Waals surface area contributed by atoms with Gasteiger partial charge >= 0.3 is 6.36 Å². The molecule has 0 aliphatic rings. The number of aliphatic hydroxyl groups excluding tert-OH is 1. The van der Waals surface area contributed by atoms with Gasteiger partial charge in [0.2, 0.25) is 0 Å². The minimum Gasteiger partial charge on any atom is -0.406 e. The van der Waals surface area contributed by atoms with Crippen molar-refractivity contribution in [2.24, 2.45) is 0 Å². The maximum atomic E-state index is 13.2. The summed E-state index contributed by atoms with van der Waals surface area (Å²) >= 11 is 0. The van der Waals surface area contributed by atoms with E-state index in [2.05, 4.69) is 4.74 Å². The molecule has 0 atom stereocenters. The Balaban J connectivity index is 2.49. The van der Waals surface area contributed by atoms with Gasteiger partial charge in [-0.15, -0.1) is 13.2 Å². The molecule has 0 unspecified atom stereocenters. The van der Waals surface area contributed by atoms with Gasteiger partial charge in [0.05, 0.1) is 6.61 Å². The Morgan fingerprint density at radius 3 is 1.95 bits per heavy atom. The van der Waals surface area contributed by atoms with E-state index < -0.39 is 30.4 Å². The van der Waals surface area contributed by atoms with Crippen LogP contribution in [0, 0.1) is 11.6 Å². The number of benzene rings is 2. The van der Waals surface area contributed by atoms with Gasteiger partial charge in [0.15, 0.2) is 0 Å². The molecule has 0 amide bonds. The van der Waals surface area contributed by atoms with Crippen molar-refractivity contribution in [2.45, 2.75) is 13.0 Å².